The summed E-state index contributed by atoms with van der Waals surface area (Å²) in [4.78, 5) is 3.83. The van der Waals surface area contributed by atoms with E-state index in [0.29, 0.717) is 6.07 Å². The Kier molecular flexibility index (Phi) is 2.83. The lowest BCUT2D eigenvalue weighted by Gasteiger charge is -2.12. The van der Waals surface area contributed by atoms with E-state index in [1.807, 2.05) is 0 Å². The van der Waals surface area contributed by atoms with E-state index in [2.05, 4.69) is 4.98 Å². The summed E-state index contributed by atoms with van der Waals surface area (Å²) in [6.45, 7) is 0. The Balaban J connectivity index is 2.63. The summed E-state index contributed by atoms with van der Waals surface area (Å²) in [6.07, 6.45) is -3.21. The lowest BCUT2D eigenvalue weighted by atomic mass is 10.0. The smallest absolute Gasteiger partial charge is 0.256 e. The van der Waals surface area contributed by atoms with Crippen molar-refractivity contribution in [2.75, 3.05) is 0 Å². The molecular weight excluding hydrogens is 234 g/mol. The largest absolute Gasteiger partial charge is 0.417 e. The molecule has 1 nitrogen and oxygen atoms in total. The van der Waals surface area contributed by atoms with Gasteiger partial charge in [0.1, 0.15) is 5.82 Å². The molecule has 1 aromatic carbocycles. The molecule has 0 saturated heterocycles. The lowest BCUT2D eigenvalue weighted by molar-refractivity contribution is -0.137. The molecule has 0 amide bonds. The first kappa shape index (κ1) is 11.6. The van der Waals surface area contributed by atoms with Gasteiger partial charge >= 0.3 is 6.18 Å². The van der Waals surface area contributed by atoms with Crippen LogP contribution in [0.5, 0.6) is 0 Å². The van der Waals surface area contributed by atoms with Crippen molar-refractivity contribution in [1.82, 2.24) is 4.98 Å². The molecule has 0 aliphatic heterocycles. The standard InChI is InChI=1S/C12H7F4N/c13-8-4-5-9(10(7-8)12(14,15)16)11-3-1-2-6-17-11/h1-7H. The molecule has 0 aliphatic rings. The van der Waals surface area contributed by atoms with Crippen LogP contribution < -0.4 is 0 Å². The van der Waals surface area contributed by atoms with Crippen LogP contribution in [0.3, 0.4) is 0 Å². The lowest BCUT2D eigenvalue weighted by Crippen LogP contribution is -2.08. The second kappa shape index (κ2) is 4.16. The minimum Gasteiger partial charge on any atom is -0.256 e. The van der Waals surface area contributed by atoms with E-state index in [1.54, 1.807) is 12.1 Å². The van der Waals surface area contributed by atoms with Crippen LogP contribution in [0, 0.1) is 5.82 Å². The Morgan fingerprint density at radius 2 is 1.76 bits per heavy atom. The molecule has 2 rings (SSSR count). The summed E-state index contributed by atoms with van der Waals surface area (Å²) in [5.74, 6) is -0.919. The quantitative estimate of drug-likeness (QED) is 0.690. The van der Waals surface area contributed by atoms with Gasteiger partial charge in [0.15, 0.2) is 0 Å². The molecule has 0 bridgehead atoms. The van der Waals surface area contributed by atoms with Gasteiger partial charge in [-0.05, 0) is 30.3 Å². The minimum atomic E-state index is -4.60. The van der Waals surface area contributed by atoms with Crippen molar-refractivity contribution in [1.29, 1.82) is 0 Å². The zero-order valence-electron chi connectivity index (χ0n) is 8.50. The Labute approximate surface area is 94.7 Å². The predicted octanol–water partition coefficient (Wildman–Crippen LogP) is 3.91. The highest BCUT2D eigenvalue weighted by molar-refractivity contribution is 5.64. The van der Waals surface area contributed by atoms with E-state index in [9.17, 15) is 17.6 Å². The summed E-state index contributed by atoms with van der Waals surface area (Å²) in [5.41, 5.74) is -0.976. The molecule has 17 heavy (non-hydrogen) atoms. The van der Waals surface area contributed by atoms with E-state index in [0.717, 1.165) is 12.1 Å². The molecule has 0 fully saturated rings. The number of benzene rings is 1. The zero-order valence-corrected chi connectivity index (χ0v) is 8.50. The Morgan fingerprint density at radius 1 is 1.00 bits per heavy atom. The van der Waals surface area contributed by atoms with Gasteiger partial charge in [0, 0.05) is 11.8 Å². The normalized spacial score (nSPS) is 11.5. The zero-order chi connectivity index (χ0) is 12.5. The van der Waals surface area contributed by atoms with Crippen molar-refractivity contribution in [2.24, 2.45) is 0 Å². The van der Waals surface area contributed by atoms with Crippen LogP contribution in [0.4, 0.5) is 17.6 Å². The highest BCUT2D eigenvalue weighted by Crippen LogP contribution is 2.36. The molecule has 0 N–H and O–H groups in total. The first-order valence-electron chi connectivity index (χ1n) is 4.76. The number of pyridine rings is 1. The van der Waals surface area contributed by atoms with Crippen molar-refractivity contribution < 1.29 is 17.6 Å². The average molecular weight is 241 g/mol. The first-order chi connectivity index (χ1) is 7.98. The summed E-state index contributed by atoms with van der Waals surface area (Å²) in [6, 6.07) is 7.17. The molecule has 2 aromatic rings. The Hall–Kier alpha value is -1.91. The van der Waals surface area contributed by atoms with Gasteiger partial charge in [-0.3, -0.25) is 4.98 Å². The van der Waals surface area contributed by atoms with Gasteiger partial charge in [0.05, 0.1) is 11.3 Å². The fourth-order valence-electron chi connectivity index (χ4n) is 1.50. The molecule has 0 unspecified atom stereocenters. The monoisotopic (exact) mass is 241 g/mol. The van der Waals surface area contributed by atoms with Crippen LogP contribution in [0.15, 0.2) is 42.6 Å². The molecule has 0 spiro atoms. The number of aromatic nitrogens is 1. The second-order valence-corrected chi connectivity index (χ2v) is 3.40. The third-order valence-corrected chi connectivity index (χ3v) is 2.23. The molecule has 0 atom stereocenters. The van der Waals surface area contributed by atoms with Crippen LogP contribution in [0.2, 0.25) is 0 Å². The van der Waals surface area contributed by atoms with Gasteiger partial charge in [0.25, 0.3) is 0 Å². The topological polar surface area (TPSA) is 12.9 Å². The number of nitrogens with zero attached hydrogens (tertiary/aromatic N) is 1. The molecule has 0 saturated carbocycles. The molecule has 0 radical (unpaired) electrons. The maximum absolute atomic E-state index is 12.9. The summed E-state index contributed by atoms with van der Waals surface area (Å²) in [7, 11) is 0. The maximum atomic E-state index is 12.9. The van der Waals surface area contributed by atoms with Crippen molar-refractivity contribution in [3.8, 4) is 11.3 Å². The molecule has 5 heteroatoms. The number of halogens is 4. The van der Waals surface area contributed by atoms with Crippen molar-refractivity contribution in [3.05, 3.63) is 54.0 Å². The average Bonchev–Trinajstić information content (AvgIpc) is 2.29. The summed E-state index contributed by atoms with van der Waals surface area (Å²) in [5, 5.41) is 0. The Morgan fingerprint density at radius 3 is 2.35 bits per heavy atom. The van der Waals surface area contributed by atoms with E-state index in [-0.39, 0.29) is 11.3 Å². The maximum Gasteiger partial charge on any atom is 0.417 e. The molecular formula is C12H7F4N. The van der Waals surface area contributed by atoms with E-state index in [1.165, 1.54) is 12.3 Å². The number of rotatable bonds is 1. The van der Waals surface area contributed by atoms with Gasteiger partial charge in [-0.2, -0.15) is 13.2 Å². The van der Waals surface area contributed by atoms with Crippen LogP contribution in [-0.4, -0.2) is 4.98 Å². The molecule has 0 aliphatic carbocycles. The third kappa shape index (κ3) is 2.43. The molecule has 1 aromatic heterocycles. The minimum absolute atomic E-state index is 0.125. The highest BCUT2D eigenvalue weighted by Gasteiger charge is 2.34. The van der Waals surface area contributed by atoms with E-state index in [4.69, 9.17) is 0 Å². The van der Waals surface area contributed by atoms with Crippen LogP contribution in [-0.2, 0) is 6.18 Å². The number of hydrogen-bond donors (Lipinski definition) is 0. The van der Waals surface area contributed by atoms with Gasteiger partial charge in [-0.1, -0.05) is 6.07 Å². The van der Waals surface area contributed by atoms with E-state index < -0.39 is 17.6 Å². The fraction of sp³-hybridized carbons (Fsp3) is 0.0833. The number of hydrogen-bond acceptors (Lipinski definition) is 1. The third-order valence-electron chi connectivity index (χ3n) is 2.23. The van der Waals surface area contributed by atoms with Gasteiger partial charge in [0.2, 0.25) is 0 Å². The van der Waals surface area contributed by atoms with Gasteiger partial charge in [-0.15, -0.1) is 0 Å². The van der Waals surface area contributed by atoms with Crippen LogP contribution >= 0.6 is 0 Å². The second-order valence-electron chi connectivity index (χ2n) is 3.40. The van der Waals surface area contributed by atoms with Crippen molar-refractivity contribution >= 4 is 0 Å². The van der Waals surface area contributed by atoms with Crippen molar-refractivity contribution in [2.45, 2.75) is 6.18 Å². The van der Waals surface area contributed by atoms with Gasteiger partial charge in [-0.25, -0.2) is 4.39 Å². The van der Waals surface area contributed by atoms with Crippen LogP contribution in [0.25, 0.3) is 11.3 Å². The SMILES string of the molecule is Fc1ccc(-c2ccccn2)c(C(F)(F)F)c1. The van der Waals surface area contributed by atoms with Crippen LogP contribution in [0.1, 0.15) is 5.56 Å². The van der Waals surface area contributed by atoms with Gasteiger partial charge < -0.3 is 0 Å². The highest BCUT2D eigenvalue weighted by atomic mass is 19.4. The molecule has 88 valence electrons. The number of alkyl halides is 3. The summed E-state index contributed by atoms with van der Waals surface area (Å²) >= 11 is 0. The van der Waals surface area contributed by atoms with Crippen molar-refractivity contribution in [3.63, 3.8) is 0 Å². The first-order valence-corrected chi connectivity index (χ1v) is 4.76. The summed E-state index contributed by atoms with van der Waals surface area (Å²) < 4.78 is 51.0. The fourth-order valence-corrected chi connectivity index (χ4v) is 1.50. The predicted molar refractivity (Wildman–Crippen MR) is 54.6 cm³/mol. The van der Waals surface area contributed by atoms with E-state index >= 15 is 0 Å². The molecule has 1 heterocycles. The Bertz CT molecular complexity index is 520.